The van der Waals surface area contributed by atoms with Crippen LogP contribution in [0, 0.1) is 0 Å². The highest BCUT2D eigenvalue weighted by Crippen LogP contribution is 2.42. The molecule has 0 aromatic heterocycles. The molecule has 6 atom stereocenters. The van der Waals surface area contributed by atoms with Gasteiger partial charge in [0.15, 0.2) is 0 Å². The van der Waals surface area contributed by atoms with Crippen molar-refractivity contribution in [3.05, 3.63) is 12.7 Å². The van der Waals surface area contributed by atoms with Gasteiger partial charge in [-0.1, -0.05) is 6.08 Å². The van der Waals surface area contributed by atoms with E-state index in [9.17, 15) is 15.0 Å². The first-order valence-corrected chi connectivity index (χ1v) is 9.16. The van der Waals surface area contributed by atoms with Gasteiger partial charge in [0.1, 0.15) is 12.7 Å². The Kier molecular flexibility index (Phi) is 6.65. The predicted octanol–water partition coefficient (Wildman–Crippen LogP) is 2.11. The number of hydrogen-bond acceptors (Lipinski definition) is 6. The number of carbonyl (C=O) groups is 1. The monoisotopic (exact) mass is 356 g/mol. The molecule has 2 fully saturated rings. The van der Waals surface area contributed by atoms with Gasteiger partial charge in [0.2, 0.25) is 0 Å². The molecular formula is C19H32O6. The van der Waals surface area contributed by atoms with E-state index in [-0.39, 0.29) is 18.8 Å². The van der Waals surface area contributed by atoms with E-state index in [1.54, 1.807) is 6.08 Å². The van der Waals surface area contributed by atoms with Crippen molar-refractivity contribution in [3.63, 3.8) is 0 Å². The minimum absolute atomic E-state index is 0.0674. The van der Waals surface area contributed by atoms with Gasteiger partial charge < -0.3 is 24.4 Å². The summed E-state index contributed by atoms with van der Waals surface area (Å²) in [6, 6.07) is 0. The van der Waals surface area contributed by atoms with E-state index in [0.717, 1.165) is 19.3 Å². The van der Waals surface area contributed by atoms with Crippen molar-refractivity contribution in [2.45, 2.75) is 94.9 Å². The third-order valence-corrected chi connectivity index (χ3v) is 5.60. The molecule has 25 heavy (non-hydrogen) atoms. The average Bonchev–Trinajstić information content (AvgIpc) is 2.57. The van der Waals surface area contributed by atoms with Crippen LogP contribution in [0.25, 0.3) is 0 Å². The number of fused-ring (bicyclic) bond motifs is 1. The smallest absolute Gasteiger partial charge is 0.302 e. The fourth-order valence-electron chi connectivity index (χ4n) is 3.75. The predicted molar refractivity (Wildman–Crippen MR) is 93.1 cm³/mol. The number of esters is 1. The van der Waals surface area contributed by atoms with Crippen LogP contribution in [0.2, 0.25) is 0 Å². The van der Waals surface area contributed by atoms with E-state index in [1.807, 2.05) is 13.8 Å². The van der Waals surface area contributed by atoms with Crippen molar-refractivity contribution < 1.29 is 29.2 Å². The summed E-state index contributed by atoms with van der Waals surface area (Å²) >= 11 is 0. The Labute approximate surface area is 150 Å². The van der Waals surface area contributed by atoms with E-state index in [2.05, 4.69) is 6.58 Å². The molecule has 2 heterocycles. The zero-order valence-electron chi connectivity index (χ0n) is 15.6. The largest absolute Gasteiger partial charge is 0.463 e. The van der Waals surface area contributed by atoms with Crippen molar-refractivity contribution in [2.75, 3.05) is 6.61 Å². The molecule has 2 rings (SSSR count). The molecule has 0 amide bonds. The quantitative estimate of drug-likeness (QED) is 0.537. The van der Waals surface area contributed by atoms with Crippen molar-refractivity contribution >= 4 is 5.97 Å². The van der Waals surface area contributed by atoms with Gasteiger partial charge in [-0.05, 0) is 52.4 Å². The van der Waals surface area contributed by atoms with Gasteiger partial charge in [0.25, 0.3) is 0 Å². The van der Waals surface area contributed by atoms with Crippen LogP contribution < -0.4 is 0 Å². The molecule has 0 radical (unpaired) electrons. The molecule has 0 aliphatic carbocycles. The van der Waals surface area contributed by atoms with Crippen LogP contribution in [0.15, 0.2) is 12.7 Å². The summed E-state index contributed by atoms with van der Waals surface area (Å²) in [4.78, 5) is 10.9. The lowest BCUT2D eigenvalue weighted by atomic mass is 9.80. The van der Waals surface area contributed by atoms with Crippen LogP contribution in [-0.4, -0.2) is 58.4 Å². The molecule has 2 aliphatic rings. The third kappa shape index (κ3) is 4.82. The molecule has 0 saturated carbocycles. The molecular weight excluding hydrogens is 324 g/mol. The highest BCUT2D eigenvalue weighted by atomic mass is 16.6. The van der Waals surface area contributed by atoms with Gasteiger partial charge in [0.05, 0.1) is 29.5 Å². The minimum Gasteiger partial charge on any atom is -0.463 e. The lowest BCUT2D eigenvalue weighted by molar-refractivity contribution is -0.278. The number of aliphatic hydroxyl groups is 2. The second-order valence-corrected chi connectivity index (χ2v) is 7.72. The molecule has 6 heteroatoms. The van der Waals surface area contributed by atoms with Gasteiger partial charge in [-0.2, -0.15) is 0 Å². The number of ether oxygens (including phenoxy) is 3. The molecule has 2 N–H and O–H groups in total. The second-order valence-electron chi connectivity index (χ2n) is 7.72. The number of hydrogen-bond donors (Lipinski definition) is 2. The van der Waals surface area contributed by atoms with Crippen molar-refractivity contribution in [1.82, 2.24) is 0 Å². The van der Waals surface area contributed by atoms with Crippen LogP contribution in [-0.2, 0) is 19.0 Å². The van der Waals surface area contributed by atoms with Crippen LogP contribution in [0.5, 0.6) is 0 Å². The van der Waals surface area contributed by atoms with Crippen molar-refractivity contribution in [1.29, 1.82) is 0 Å². The normalized spacial score (nSPS) is 37.6. The molecule has 2 aliphatic heterocycles. The molecule has 0 aromatic rings. The van der Waals surface area contributed by atoms with Gasteiger partial charge in [-0.25, -0.2) is 0 Å². The maximum atomic E-state index is 10.9. The number of aliphatic hydroxyl groups excluding tert-OH is 2. The molecule has 2 saturated heterocycles. The third-order valence-electron chi connectivity index (χ3n) is 5.60. The molecule has 6 nitrogen and oxygen atoms in total. The molecule has 0 aromatic carbocycles. The zero-order valence-corrected chi connectivity index (χ0v) is 15.6. The summed E-state index contributed by atoms with van der Waals surface area (Å²) in [5, 5.41) is 20.8. The van der Waals surface area contributed by atoms with E-state index in [0.29, 0.717) is 19.3 Å². The maximum Gasteiger partial charge on any atom is 0.302 e. The summed E-state index contributed by atoms with van der Waals surface area (Å²) < 4.78 is 17.3. The second kappa shape index (κ2) is 8.16. The van der Waals surface area contributed by atoms with E-state index < -0.39 is 29.4 Å². The van der Waals surface area contributed by atoms with Crippen LogP contribution in [0.4, 0.5) is 0 Å². The summed E-state index contributed by atoms with van der Waals surface area (Å²) in [6.45, 7) is 8.76. The Balaban J connectivity index is 1.94. The molecule has 144 valence electrons. The highest BCUT2D eigenvalue weighted by molar-refractivity contribution is 5.65. The first-order chi connectivity index (χ1) is 11.7. The summed E-state index contributed by atoms with van der Waals surface area (Å²) in [5.74, 6) is -0.415. The average molecular weight is 356 g/mol. The molecule has 0 unspecified atom stereocenters. The molecule has 0 spiro atoms. The number of rotatable bonds is 7. The van der Waals surface area contributed by atoms with E-state index in [4.69, 9.17) is 14.2 Å². The first kappa shape index (κ1) is 20.4. The SMILES string of the molecule is C=CCC[C@H](O)[C@@]1(C)CC[C@H]2O[C@](C)([C@H](O)COC(C)=O)CC[C@@H]2O1. The standard InChI is InChI=1S/C19H32O6/c1-5-6-7-16(21)18(3)10-8-15-14(24-18)9-11-19(4,25-15)17(22)12-23-13(2)20/h5,14-17,21-22H,1,6-12H2,2-4H3/t14-,15+,16-,17+,18+,19-/m0/s1. The van der Waals surface area contributed by atoms with Gasteiger partial charge >= 0.3 is 5.97 Å². The van der Waals surface area contributed by atoms with Crippen LogP contribution in [0.1, 0.15) is 59.3 Å². The Bertz CT molecular complexity index is 481. The Morgan fingerprint density at radius 2 is 1.72 bits per heavy atom. The fourth-order valence-corrected chi connectivity index (χ4v) is 3.75. The fraction of sp³-hybridized carbons (Fsp3) is 0.842. The summed E-state index contributed by atoms with van der Waals surface area (Å²) in [6.07, 6.45) is 4.39. The van der Waals surface area contributed by atoms with Gasteiger partial charge in [0, 0.05) is 6.92 Å². The van der Waals surface area contributed by atoms with Crippen molar-refractivity contribution in [3.8, 4) is 0 Å². The summed E-state index contributed by atoms with van der Waals surface area (Å²) in [7, 11) is 0. The first-order valence-electron chi connectivity index (χ1n) is 9.16. The van der Waals surface area contributed by atoms with E-state index in [1.165, 1.54) is 6.92 Å². The van der Waals surface area contributed by atoms with Gasteiger partial charge in [-0.15, -0.1) is 6.58 Å². The summed E-state index contributed by atoms with van der Waals surface area (Å²) in [5.41, 5.74) is -1.33. The minimum atomic E-state index is -0.871. The topological polar surface area (TPSA) is 85.2 Å². The Morgan fingerprint density at radius 3 is 2.20 bits per heavy atom. The van der Waals surface area contributed by atoms with Crippen molar-refractivity contribution in [2.24, 2.45) is 0 Å². The Hall–Kier alpha value is -0.950. The maximum absolute atomic E-state index is 10.9. The van der Waals surface area contributed by atoms with Crippen LogP contribution in [0.3, 0.4) is 0 Å². The number of allylic oxidation sites excluding steroid dienone is 1. The van der Waals surface area contributed by atoms with Crippen LogP contribution >= 0.6 is 0 Å². The lowest BCUT2D eigenvalue weighted by Crippen LogP contribution is -2.59. The lowest BCUT2D eigenvalue weighted by Gasteiger charge is -2.51. The van der Waals surface area contributed by atoms with Gasteiger partial charge in [-0.3, -0.25) is 4.79 Å². The number of carbonyl (C=O) groups excluding carboxylic acids is 1. The van der Waals surface area contributed by atoms with E-state index >= 15 is 0 Å². The zero-order chi connectivity index (χ0) is 18.7. The highest BCUT2D eigenvalue weighted by Gasteiger charge is 2.50. The Morgan fingerprint density at radius 1 is 1.20 bits per heavy atom. The molecule has 0 bridgehead atoms.